The highest BCUT2D eigenvalue weighted by atomic mass is 79.9. The third kappa shape index (κ3) is 2.74. The highest BCUT2D eigenvalue weighted by molar-refractivity contribution is 9.09. The number of rotatable bonds is 5. The first-order valence-electron chi connectivity index (χ1n) is 5.22. The van der Waals surface area contributed by atoms with Gasteiger partial charge in [0.15, 0.2) is 0 Å². The van der Waals surface area contributed by atoms with Crippen LogP contribution in [0.15, 0.2) is 6.20 Å². The molecule has 0 aliphatic heterocycles. The normalized spacial score (nSPS) is 12.6. The maximum atomic E-state index is 5.45. The summed E-state index contributed by atoms with van der Waals surface area (Å²) in [5.41, 5.74) is 3.20. The highest BCUT2D eigenvalue weighted by Crippen LogP contribution is 2.33. The zero-order chi connectivity index (χ0) is 12.1. The Morgan fingerprint density at radius 2 is 2.12 bits per heavy atom. The standard InChI is InChI=1S/C12H18BrNO2/c1-8(5-13)11-10(7-15-3)6-14-9(2)12(11)16-4/h6,8H,5,7H2,1-4H3. The number of aryl methyl sites for hydroxylation is 1. The minimum atomic E-state index is 0.377. The van der Waals surface area contributed by atoms with Gasteiger partial charge in [0, 0.05) is 29.8 Å². The fourth-order valence-corrected chi connectivity index (χ4v) is 2.11. The Balaban J connectivity index is 3.28. The number of aromatic nitrogens is 1. The van der Waals surface area contributed by atoms with Crippen molar-refractivity contribution in [1.82, 2.24) is 4.98 Å². The summed E-state index contributed by atoms with van der Waals surface area (Å²) in [6.45, 7) is 4.68. The molecule has 0 aliphatic carbocycles. The topological polar surface area (TPSA) is 31.4 Å². The predicted molar refractivity (Wildman–Crippen MR) is 68.4 cm³/mol. The molecule has 0 saturated heterocycles. The van der Waals surface area contributed by atoms with Crippen LogP contribution in [0.1, 0.15) is 29.7 Å². The van der Waals surface area contributed by atoms with Crippen molar-refractivity contribution in [2.45, 2.75) is 26.4 Å². The maximum Gasteiger partial charge on any atom is 0.143 e. The Morgan fingerprint density at radius 1 is 1.44 bits per heavy atom. The molecule has 0 saturated carbocycles. The van der Waals surface area contributed by atoms with Crippen molar-refractivity contribution in [3.63, 3.8) is 0 Å². The van der Waals surface area contributed by atoms with Gasteiger partial charge in [0.2, 0.25) is 0 Å². The van der Waals surface area contributed by atoms with E-state index in [1.165, 1.54) is 5.56 Å². The lowest BCUT2D eigenvalue weighted by molar-refractivity contribution is 0.183. The molecule has 0 aliphatic rings. The molecule has 1 rings (SSSR count). The molecule has 0 aromatic carbocycles. The lowest BCUT2D eigenvalue weighted by atomic mass is 9.97. The second-order valence-electron chi connectivity index (χ2n) is 3.80. The van der Waals surface area contributed by atoms with Gasteiger partial charge in [0.1, 0.15) is 5.75 Å². The molecule has 1 heterocycles. The van der Waals surface area contributed by atoms with Crippen LogP contribution in [0, 0.1) is 6.92 Å². The number of hydrogen-bond acceptors (Lipinski definition) is 3. The first-order valence-corrected chi connectivity index (χ1v) is 6.35. The Kier molecular flexibility index (Phi) is 5.22. The fraction of sp³-hybridized carbons (Fsp3) is 0.583. The molecular weight excluding hydrogens is 270 g/mol. The molecule has 1 aromatic heterocycles. The van der Waals surface area contributed by atoms with Crippen LogP contribution in [-0.2, 0) is 11.3 Å². The van der Waals surface area contributed by atoms with Crippen LogP contribution in [0.25, 0.3) is 0 Å². The van der Waals surface area contributed by atoms with E-state index in [1.807, 2.05) is 13.1 Å². The highest BCUT2D eigenvalue weighted by Gasteiger charge is 2.18. The molecule has 0 spiro atoms. The van der Waals surface area contributed by atoms with Crippen LogP contribution >= 0.6 is 15.9 Å². The van der Waals surface area contributed by atoms with E-state index < -0.39 is 0 Å². The van der Waals surface area contributed by atoms with Gasteiger partial charge in [-0.1, -0.05) is 22.9 Å². The molecule has 1 atom stereocenters. The van der Waals surface area contributed by atoms with E-state index in [4.69, 9.17) is 9.47 Å². The van der Waals surface area contributed by atoms with Gasteiger partial charge in [-0.3, -0.25) is 4.98 Å². The summed E-state index contributed by atoms with van der Waals surface area (Å²) in [6, 6.07) is 0. The average molecular weight is 288 g/mol. The fourth-order valence-electron chi connectivity index (χ4n) is 1.79. The molecule has 0 radical (unpaired) electrons. The van der Waals surface area contributed by atoms with E-state index in [2.05, 4.69) is 27.8 Å². The van der Waals surface area contributed by atoms with Crippen LogP contribution < -0.4 is 4.74 Å². The molecule has 0 N–H and O–H groups in total. The average Bonchev–Trinajstić information content (AvgIpc) is 2.30. The van der Waals surface area contributed by atoms with E-state index in [1.54, 1.807) is 14.2 Å². The van der Waals surface area contributed by atoms with E-state index in [0.717, 1.165) is 22.3 Å². The van der Waals surface area contributed by atoms with Gasteiger partial charge in [0.05, 0.1) is 19.4 Å². The number of methoxy groups -OCH3 is 2. The van der Waals surface area contributed by atoms with E-state index in [-0.39, 0.29) is 0 Å². The van der Waals surface area contributed by atoms with Gasteiger partial charge in [-0.15, -0.1) is 0 Å². The SMILES string of the molecule is COCc1cnc(C)c(OC)c1C(C)CBr. The number of pyridine rings is 1. The van der Waals surface area contributed by atoms with Crippen molar-refractivity contribution in [1.29, 1.82) is 0 Å². The summed E-state index contributed by atoms with van der Waals surface area (Å²) >= 11 is 3.51. The third-order valence-corrected chi connectivity index (χ3v) is 3.53. The minimum absolute atomic E-state index is 0.377. The number of halogens is 1. The van der Waals surface area contributed by atoms with Gasteiger partial charge in [-0.25, -0.2) is 0 Å². The van der Waals surface area contributed by atoms with E-state index in [9.17, 15) is 0 Å². The van der Waals surface area contributed by atoms with Crippen molar-refractivity contribution in [2.75, 3.05) is 19.5 Å². The largest absolute Gasteiger partial charge is 0.495 e. The molecule has 4 heteroatoms. The summed E-state index contributed by atoms with van der Waals surface area (Å²) in [5.74, 6) is 1.25. The maximum absolute atomic E-state index is 5.45. The number of nitrogens with zero attached hydrogens (tertiary/aromatic N) is 1. The molecule has 0 fully saturated rings. The summed E-state index contributed by atoms with van der Waals surface area (Å²) in [5, 5.41) is 0.892. The minimum Gasteiger partial charge on any atom is -0.495 e. The van der Waals surface area contributed by atoms with Gasteiger partial charge in [-0.05, 0) is 12.8 Å². The van der Waals surface area contributed by atoms with Crippen molar-refractivity contribution in [3.8, 4) is 5.75 Å². The van der Waals surface area contributed by atoms with E-state index in [0.29, 0.717) is 12.5 Å². The summed E-state index contributed by atoms with van der Waals surface area (Å²) < 4.78 is 10.6. The van der Waals surface area contributed by atoms with Gasteiger partial charge in [-0.2, -0.15) is 0 Å². The monoisotopic (exact) mass is 287 g/mol. The Labute approximate surface area is 105 Å². The predicted octanol–water partition coefficient (Wildman–Crippen LogP) is 3.04. The molecule has 0 bridgehead atoms. The first kappa shape index (κ1) is 13.5. The third-order valence-electron chi connectivity index (χ3n) is 2.56. The first-order chi connectivity index (χ1) is 7.65. The number of hydrogen-bond donors (Lipinski definition) is 0. The van der Waals surface area contributed by atoms with Crippen molar-refractivity contribution in [2.24, 2.45) is 0 Å². The van der Waals surface area contributed by atoms with Gasteiger partial charge < -0.3 is 9.47 Å². The lowest BCUT2D eigenvalue weighted by Gasteiger charge is -2.19. The van der Waals surface area contributed by atoms with Crippen LogP contribution in [0.3, 0.4) is 0 Å². The summed E-state index contributed by atoms with van der Waals surface area (Å²) in [4.78, 5) is 4.33. The molecule has 1 aromatic rings. The molecule has 16 heavy (non-hydrogen) atoms. The molecule has 3 nitrogen and oxygen atoms in total. The van der Waals surface area contributed by atoms with Crippen LogP contribution in [0.2, 0.25) is 0 Å². The second kappa shape index (κ2) is 6.21. The Bertz CT molecular complexity index is 355. The molecule has 1 unspecified atom stereocenters. The van der Waals surface area contributed by atoms with Crippen LogP contribution in [0.5, 0.6) is 5.75 Å². The lowest BCUT2D eigenvalue weighted by Crippen LogP contribution is -2.07. The zero-order valence-electron chi connectivity index (χ0n) is 10.2. The van der Waals surface area contributed by atoms with Crippen molar-refractivity contribution >= 4 is 15.9 Å². The van der Waals surface area contributed by atoms with Crippen LogP contribution in [0.4, 0.5) is 0 Å². The van der Waals surface area contributed by atoms with Crippen molar-refractivity contribution < 1.29 is 9.47 Å². The molecule has 90 valence electrons. The number of ether oxygens (including phenoxy) is 2. The molecule has 0 amide bonds. The van der Waals surface area contributed by atoms with Gasteiger partial charge >= 0.3 is 0 Å². The number of alkyl halides is 1. The Morgan fingerprint density at radius 3 is 2.62 bits per heavy atom. The smallest absolute Gasteiger partial charge is 0.143 e. The summed E-state index contributed by atoms with van der Waals surface area (Å²) in [7, 11) is 3.37. The van der Waals surface area contributed by atoms with Gasteiger partial charge in [0.25, 0.3) is 0 Å². The quantitative estimate of drug-likeness (QED) is 0.780. The summed E-state index contributed by atoms with van der Waals surface area (Å²) in [6.07, 6.45) is 1.87. The van der Waals surface area contributed by atoms with Crippen molar-refractivity contribution in [3.05, 3.63) is 23.0 Å². The van der Waals surface area contributed by atoms with E-state index >= 15 is 0 Å². The van der Waals surface area contributed by atoms with Crippen LogP contribution in [-0.4, -0.2) is 24.5 Å². The molecular formula is C12H18BrNO2. The Hall–Kier alpha value is -0.610. The second-order valence-corrected chi connectivity index (χ2v) is 4.45. The zero-order valence-corrected chi connectivity index (χ0v) is 11.8.